The molecule has 0 saturated carbocycles. The standard InChI is InChI=1S/C22H22N2O/c1-18(2)12-15-25-22-11-7-6-10-20(22)21(24-14-13-23-17-24)16-19-8-4-3-5-9-19/h3-14,16-17H,15H2,1-2H3/b21-16+. The van der Waals surface area contributed by atoms with Crippen molar-refractivity contribution in [3.05, 3.63) is 96.1 Å². The Labute approximate surface area is 148 Å². The minimum atomic E-state index is 0.557. The van der Waals surface area contributed by atoms with E-state index >= 15 is 0 Å². The predicted molar refractivity (Wildman–Crippen MR) is 103 cm³/mol. The predicted octanol–water partition coefficient (Wildman–Crippen LogP) is 5.27. The minimum Gasteiger partial charge on any atom is -0.489 e. The molecule has 2 aromatic carbocycles. The molecule has 0 amide bonds. The highest BCUT2D eigenvalue weighted by Crippen LogP contribution is 2.29. The monoisotopic (exact) mass is 330 g/mol. The number of benzene rings is 2. The number of imidazole rings is 1. The molecule has 0 N–H and O–H groups in total. The molecule has 0 aliphatic rings. The highest BCUT2D eigenvalue weighted by Gasteiger charge is 2.10. The first kappa shape index (κ1) is 16.8. The normalized spacial score (nSPS) is 11.2. The van der Waals surface area contributed by atoms with Crippen molar-refractivity contribution in [3.8, 4) is 5.75 Å². The van der Waals surface area contributed by atoms with Crippen LogP contribution in [-0.4, -0.2) is 16.2 Å². The van der Waals surface area contributed by atoms with E-state index < -0.39 is 0 Å². The number of aromatic nitrogens is 2. The number of ether oxygens (including phenoxy) is 1. The van der Waals surface area contributed by atoms with E-state index in [0.717, 1.165) is 22.6 Å². The molecule has 0 aliphatic carbocycles. The minimum absolute atomic E-state index is 0.557. The third-order valence-corrected chi connectivity index (χ3v) is 3.78. The summed E-state index contributed by atoms with van der Waals surface area (Å²) in [6, 6.07) is 18.4. The maximum atomic E-state index is 6.01. The summed E-state index contributed by atoms with van der Waals surface area (Å²) in [5.41, 5.74) is 4.43. The second-order valence-electron chi connectivity index (χ2n) is 6.00. The zero-order valence-corrected chi connectivity index (χ0v) is 14.6. The lowest BCUT2D eigenvalue weighted by Crippen LogP contribution is -2.02. The molecule has 0 aliphatic heterocycles. The summed E-state index contributed by atoms with van der Waals surface area (Å²) in [6.07, 6.45) is 9.76. The van der Waals surface area contributed by atoms with E-state index in [1.165, 1.54) is 5.57 Å². The quantitative estimate of drug-likeness (QED) is 0.454. The molecule has 0 saturated heterocycles. The number of allylic oxidation sites excluding steroid dienone is 1. The van der Waals surface area contributed by atoms with Crippen LogP contribution in [0.25, 0.3) is 11.8 Å². The highest BCUT2D eigenvalue weighted by molar-refractivity contribution is 5.83. The summed E-state index contributed by atoms with van der Waals surface area (Å²) in [4.78, 5) is 4.20. The summed E-state index contributed by atoms with van der Waals surface area (Å²) in [6.45, 7) is 4.70. The van der Waals surface area contributed by atoms with Crippen LogP contribution in [0.3, 0.4) is 0 Å². The van der Waals surface area contributed by atoms with E-state index in [0.29, 0.717) is 6.61 Å². The number of nitrogens with zero attached hydrogens (tertiary/aromatic N) is 2. The Hall–Kier alpha value is -3.07. The summed E-state index contributed by atoms with van der Waals surface area (Å²) in [5, 5.41) is 0. The lowest BCUT2D eigenvalue weighted by molar-refractivity contribution is 0.361. The van der Waals surface area contributed by atoms with Crippen LogP contribution < -0.4 is 4.74 Å². The molecule has 1 aromatic heterocycles. The van der Waals surface area contributed by atoms with Crippen molar-refractivity contribution in [1.29, 1.82) is 0 Å². The molecule has 0 unspecified atom stereocenters. The van der Waals surface area contributed by atoms with Gasteiger partial charge in [-0.1, -0.05) is 48.0 Å². The van der Waals surface area contributed by atoms with Crippen LogP contribution in [0.2, 0.25) is 0 Å². The fourth-order valence-corrected chi connectivity index (χ4v) is 2.50. The van der Waals surface area contributed by atoms with Crippen LogP contribution in [0.1, 0.15) is 25.0 Å². The molecular formula is C22H22N2O. The number of para-hydroxylation sites is 1. The topological polar surface area (TPSA) is 27.1 Å². The average Bonchev–Trinajstić information content (AvgIpc) is 3.15. The maximum absolute atomic E-state index is 6.01. The lowest BCUT2D eigenvalue weighted by Gasteiger charge is -2.14. The first-order valence-electron chi connectivity index (χ1n) is 8.34. The van der Waals surface area contributed by atoms with Gasteiger partial charge in [0.05, 0.1) is 12.0 Å². The van der Waals surface area contributed by atoms with Gasteiger partial charge >= 0.3 is 0 Å². The van der Waals surface area contributed by atoms with Crippen molar-refractivity contribution in [2.45, 2.75) is 13.8 Å². The molecule has 3 heteroatoms. The molecule has 1 heterocycles. The van der Waals surface area contributed by atoms with Crippen LogP contribution in [0.5, 0.6) is 5.75 Å². The Kier molecular flexibility index (Phi) is 5.47. The third-order valence-electron chi connectivity index (χ3n) is 3.78. The Balaban J connectivity index is 2.03. The molecule has 25 heavy (non-hydrogen) atoms. The van der Waals surface area contributed by atoms with Crippen molar-refractivity contribution in [3.63, 3.8) is 0 Å². The van der Waals surface area contributed by atoms with E-state index in [-0.39, 0.29) is 0 Å². The van der Waals surface area contributed by atoms with E-state index in [9.17, 15) is 0 Å². The number of hydrogen-bond donors (Lipinski definition) is 0. The van der Waals surface area contributed by atoms with Gasteiger partial charge in [0.1, 0.15) is 12.4 Å². The molecule has 126 valence electrons. The van der Waals surface area contributed by atoms with Gasteiger partial charge in [-0.15, -0.1) is 0 Å². The van der Waals surface area contributed by atoms with Crippen LogP contribution in [0.4, 0.5) is 0 Å². The van der Waals surface area contributed by atoms with Crippen LogP contribution >= 0.6 is 0 Å². The van der Waals surface area contributed by atoms with Gasteiger partial charge in [0.15, 0.2) is 0 Å². The van der Waals surface area contributed by atoms with E-state index in [4.69, 9.17) is 4.74 Å². The molecular weight excluding hydrogens is 308 g/mol. The van der Waals surface area contributed by atoms with Crippen molar-refractivity contribution >= 4 is 11.8 Å². The fourth-order valence-electron chi connectivity index (χ4n) is 2.50. The van der Waals surface area contributed by atoms with Gasteiger partial charge in [0.25, 0.3) is 0 Å². The molecule has 0 atom stereocenters. The first-order chi connectivity index (χ1) is 12.2. The molecule has 3 nitrogen and oxygen atoms in total. The Morgan fingerprint density at radius 3 is 2.52 bits per heavy atom. The number of hydrogen-bond acceptors (Lipinski definition) is 2. The van der Waals surface area contributed by atoms with Gasteiger partial charge in [0, 0.05) is 18.0 Å². The van der Waals surface area contributed by atoms with Crippen LogP contribution in [-0.2, 0) is 0 Å². The van der Waals surface area contributed by atoms with Crippen LogP contribution in [0, 0.1) is 0 Å². The smallest absolute Gasteiger partial charge is 0.129 e. The van der Waals surface area contributed by atoms with E-state index in [1.807, 2.05) is 53.5 Å². The Morgan fingerprint density at radius 1 is 1.04 bits per heavy atom. The molecule has 0 spiro atoms. The molecule has 3 rings (SSSR count). The van der Waals surface area contributed by atoms with Gasteiger partial charge in [-0.05, 0) is 43.7 Å². The number of rotatable bonds is 6. The summed E-state index contributed by atoms with van der Waals surface area (Å²) >= 11 is 0. The largest absolute Gasteiger partial charge is 0.489 e. The van der Waals surface area contributed by atoms with Crippen molar-refractivity contribution in [1.82, 2.24) is 9.55 Å². The van der Waals surface area contributed by atoms with Gasteiger partial charge in [-0.3, -0.25) is 0 Å². The van der Waals surface area contributed by atoms with Crippen molar-refractivity contribution < 1.29 is 4.74 Å². The molecule has 0 radical (unpaired) electrons. The molecule has 0 fully saturated rings. The zero-order valence-electron chi connectivity index (χ0n) is 14.6. The van der Waals surface area contributed by atoms with E-state index in [1.54, 1.807) is 6.20 Å². The third kappa shape index (κ3) is 4.48. The highest BCUT2D eigenvalue weighted by atomic mass is 16.5. The van der Waals surface area contributed by atoms with Gasteiger partial charge in [-0.25, -0.2) is 4.98 Å². The van der Waals surface area contributed by atoms with Crippen molar-refractivity contribution in [2.24, 2.45) is 0 Å². The molecule has 3 aromatic rings. The second-order valence-corrected chi connectivity index (χ2v) is 6.00. The fraction of sp³-hybridized carbons (Fsp3) is 0.136. The second kappa shape index (κ2) is 8.15. The average molecular weight is 330 g/mol. The van der Waals surface area contributed by atoms with Gasteiger partial charge in [-0.2, -0.15) is 0 Å². The summed E-state index contributed by atoms with van der Waals surface area (Å²) in [7, 11) is 0. The van der Waals surface area contributed by atoms with Crippen molar-refractivity contribution in [2.75, 3.05) is 6.61 Å². The van der Waals surface area contributed by atoms with Crippen LogP contribution in [0.15, 0.2) is 85.0 Å². The SMILES string of the molecule is CC(C)=CCOc1ccccc1/C(=C\c1ccccc1)n1ccnc1. The molecule has 0 bridgehead atoms. The van der Waals surface area contributed by atoms with Gasteiger partial charge in [0.2, 0.25) is 0 Å². The van der Waals surface area contributed by atoms with Gasteiger partial charge < -0.3 is 9.30 Å². The first-order valence-corrected chi connectivity index (χ1v) is 8.34. The Bertz CT molecular complexity index is 858. The lowest BCUT2D eigenvalue weighted by atomic mass is 10.1. The van der Waals surface area contributed by atoms with E-state index in [2.05, 4.69) is 49.2 Å². The summed E-state index contributed by atoms with van der Waals surface area (Å²) in [5.74, 6) is 0.857. The summed E-state index contributed by atoms with van der Waals surface area (Å²) < 4.78 is 8.02. The Morgan fingerprint density at radius 2 is 1.80 bits per heavy atom. The zero-order chi connectivity index (χ0) is 17.5. The maximum Gasteiger partial charge on any atom is 0.129 e.